The summed E-state index contributed by atoms with van der Waals surface area (Å²) in [6.45, 7) is 1.06. The topological polar surface area (TPSA) is 60.9 Å². The molecule has 1 heterocycles. The molecule has 0 aliphatic heterocycles. The highest BCUT2D eigenvalue weighted by Gasteiger charge is 2.04. The normalized spacial score (nSPS) is 10.9. The summed E-state index contributed by atoms with van der Waals surface area (Å²) < 4.78 is 14.4. The third-order valence-corrected chi connectivity index (χ3v) is 2.39. The van der Waals surface area contributed by atoms with E-state index in [9.17, 15) is 9.18 Å². The van der Waals surface area contributed by atoms with Gasteiger partial charge in [0.1, 0.15) is 5.82 Å². The van der Waals surface area contributed by atoms with Gasteiger partial charge in [-0.2, -0.15) is 0 Å². The number of nitrogens with zero attached hydrogens (tertiary/aromatic N) is 2. The summed E-state index contributed by atoms with van der Waals surface area (Å²) in [6, 6.07) is 3.97. The quantitative estimate of drug-likeness (QED) is 0.837. The monoisotopic (exact) mass is 221 g/mol. The fourth-order valence-electron chi connectivity index (χ4n) is 1.55. The lowest BCUT2D eigenvalue weighted by Gasteiger charge is -2.05. The molecule has 0 aliphatic rings. The standard InChI is InChI=1S/C11H12FN3O/c12-8-2-3-9-10(6-8)14-7-15(11(9)16)5-1-4-13/h2-3,6-7H,1,4-5,13H2. The van der Waals surface area contributed by atoms with Gasteiger partial charge in [0, 0.05) is 12.6 Å². The molecule has 0 unspecified atom stereocenters. The number of halogens is 1. The fourth-order valence-corrected chi connectivity index (χ4v) is 1.55. The molecule has 0 radical (unpaired) electrons. The molecule has 2 rings (SSSR count). The number of aromatic nitrogens is 2. The van der Waals surface area contributed by atoms with Gasteiger partial charge < -0.3 is 5.73 Å². The summed E-state index contributed by atoms with van der Waals surface area (Å²) in [5.41, 5.74) is 5.60. The van der Waals surface area contributed by atoms with Crippen molar-refractivity contribution in [2.45, 2.75) is 13.0 Å². The van der Waals surface area contributed by atoms with Crippen LogP contribution in [0.3, 0.4) is 0 Å². The largest absolute Gasteiger partial charge is 0.330 e. The first-order valence-corrected chi connectivity index (χ1v) is 5.07. The minimum Gasteiger partial charge on any atom is -0.330 e. The molecule has 0 aliphatic carbocycles. The summed E-state index contributed by atoms with van der Waals surface area (Å²) in [6.07, 6.45) is 2.15. The van der Waals surface area contributed by atoms with Crippen molar-refractivity contribution in [2.75, 3.05) is 6.54 Å². The number of hydrogen-bond donors (Lipinski definition) is 1. The van der Waals surface area contributed by atoms with E-state index in [1.807, 2.05) is 0 Å². The second kappa shape index (κ2) is 4.40. The first kappa shape index (κ1) is 10.8. The van der Waals surface area contributed by atoms with Gasteiger partial charge in [0.15, 0.2) is 0 Å². The van der Waals surface area contributed by atoms with E-state index < -0.39 is 0 Å². The number of hydrogen-bond acceptors (Lipinski definition) is 3. The highest BCUT2D eigenvalue weighted by Crippen LogP contribution is 2.08. The van der Waals surface area contributed by atoms with Crippen molar-refractivity contribution in [3.05, 3.63) is 40.7 Å². The van der Waals surface area contributed by atoms with Crippen LogP contribution >= 0.6 is 0 Å². The number of rotatable bonds is 3. The highest BCUT2D eigenvalue weighted by atomic mass is 19.1. The van der Waals surface area contributed by atoms with Gasteiger partial charge in [-0.3, -0.25) is 9.36 Å². The van der Waals surface area contributed by atoms with Crippen LogP contribution in [-0.2, 0) is 6.54 Å². The Labute approximate surface area is 91.5 Å². The lowest BCUT2D eigenvalue weighted by atomic mass is 10.2. The van der Waals surface area contributed by atoms with Crippen molar-refractivity contribution in [2.24, 2.45) is 5.73 Å². The van der Waals surface area contributed by atoms with Gasteiger partial charge >= 0.3 is 0 Å². The molecule has 0 amide bonds. The summed E-state index contributed by atoms with van der Waals surface area (Å²) in [4.78, 5) is 15.9. The van der Waals surface area contributed by atoms with Crippen LogP contribution in [0, 0.1) is 5.82 Å². The van der Waals surface area contributed by atoms with Gasteiger partial charge in [-0.1, -0.05) is 0 Å². The van der Waals surface area contributed by atoms with Crippen molar-refractivity contribution in [3.8, 4) is 0 Å². The van der Waals surface area contributed by atoms with E-state index >= 15 is 0 Å². The van der Waals surface area contributed by atoms with E-state index in [2.05, 4.69) is 4.98 Å². The van der Waals surface area contributed by atoms with Gasteiger partial charge in [0.05, 0.1) is 17.2 Å². The Bertz CT molecular complexity index is 565. The lowest BCUT2D eigenvalue weighted by Crippen LogP contribution is -2.21. The average Bonchev–Trinajstić information content (AvgIpc) is 2.28. The predicted octanol–water partition coefficient (Wildman–Crippen LogP) is 0.884. The molecule has 2 aromatic rings. The molecule has 1 aromatic heterocycles. The predicted molar refractivity (Wildman–Crippen MR) is 59.6 cm³/mol. The average molecular weight is 221 g/mol. The molecule has 1 aromatic carbocycles. The summed E-state index contributed by atoms with van der Waals surface area (Å²) >= 11 is 0. The summed E-state index contributed by atoms with van der Waals surface area (Å²) in [5.74, 6) is -0.390. The maximum absolute atomic E-state index is 12.9. The van der Waals surface area contributed by atoms with E-state index in [0.717, 1.165) is 0 Å². The Hall–Kier alpha value is -1.75. The van der Waals surface area contributed by atoms with E-state index in [0.29, 0.717) is 30.4 Å². The Kier molecular flexibility index (Phi) is 2.96. The van der Waals surface area contributed by atoms with Gasteiger partial charge in [-0.15, -0.1) is 0 Å². The van der Waals surface area contributed by atoms with Crippen LogP contribution < -0.4 is 11.3 Å². The zero-order valence-corrected chi connectivity index (χ0v) is 8.69. The molecule has 4 nitrogen and oxygen atoms in total. The zero-order valence-electron chi connectivity index (χ0n) is 8.69. The minimum absolute atomic E-state index is 0.154. The number of nitrogens with two attached hydrogens (primary N) is 1. The van der Waals surface area contributed by atoms with Gasteiger partial charge in [-0.25, -0.2) is 9.37 Å². The molecule has 16 heavy (non-hydrogen) atoms. The van der Waals surface area contributed by atoms with E-state index in [4.69, 9.17) is 5.73 Å². The second-order valence-electron chi connectivity index (χ2n) is 3.55. The molecular formula is C11H12FN3O. The smallest absolute Gasteiger partial charge is 0.261 e. The summed E-state index contributed by atoms with van der Waals surface area (Å²) in [7, 11) is 0. The fraction of sp³-hybridized carbons (Fsp3) is 0.273. The molecular weight excluding hydrogens is 209 g/mol. The van der Waals surface area contributed by atoms with Gasteiger partial charge in [0.2, 0.25) is 0 Å². The first-order valence-electron chi connectivity index (χ1n) is 5.07. The second-order valence-corrected chi connectivity index (χ2v) is 3.55. The van der Waals surface area contributed by atoms with E-state index in [1.54, 1.807) is 0 Å². The van der Waals surface area contributed by atoms with Crippen LogP contribution in [0.15, 0.2) is 29.3 Å². The Morgan fingerprint density at radius 1 is 1.44 bits per heavy atom. The highest BCUT2D eigenvalue weighted by molar-refractivity contribution is 5.77. The molecule has 0 saturated heterocycles. The Morgan fingerprint density at radius 2 is 2.25 bits per heavy atom. The number of benzene rings is 1. The zero-order chi connectivity index (χ0) is 11.5. The SMILES string of the molecule is NCCCn1cnc2cc(F)ccc2c1=O. The maximum atomic E-state index is 12.9. The van der Waals surface area contributed by atoms with Crippen molar-refractivity contribution < 1.29 is 4.39 Å². The van der Waals surface area contributed by atoms with Crippen molar-refractivity contribution in [1.82, 2.24) is 9.55 Å². The third-order valence-electron chi connectivity index (χ3n) is 2.39. The first-order chi connectivity index (χ1) is 7.72. The Morgan fingerprint density at radius 3 is 3.00 bits per heavy atom. The molecule has 0 atom stereocenters. The third kappa shape index (κ3) is 1.94. The Balaban J connectivity index is 2.53. The molecule has 0 saturated carbocycles. The van der Waals surface area contributed by atoms with Gasteiger partial charge in [-0.05, 0) is 25.1 Å². The van der Waals surface area contributed by atoms with Gasteiger partial charge in [0.25, 0.3) is 5.56 Å². The molecule has 2 N–H and O–H groups in total. The molecule has 0 fully saturated rings. The number of aryl methyl sites for hydroxylation is 1. The van der Waals surface area contributed by atoms with Crippen LogP contribution in [0.2, 0.25) is 0 Å². The summed E-state index contributed by atoms with van der Waals surface area (Å²) in [5, 5.41) is 0.431. The molecule has 5 heteroatoms. The van der Waals surface area contributed by atoms with Crippen LogP contribution in [0.4, 0.5) is 4.39 Å². The van der Waals surface area contributed by atoms with Crippen molar-refractivity contribution >= 4 is 10.9 Å². The van der Waals surface area contributed by atoms with Crippen molar-refractivity contribution in [3.63, 3.8) is 0 Å². The molecule has 84 valence electrons. The number of fused-ring (bicyclic) bond motifs is 1. The minimum atomic E-state index is -0.390. The van der Waals surface area contributed by atoms with Crippen LogP contribution in [-0.4, -0.2) is 16.1 Å². The molecule has 0 spiro atoms. The van der Waals surface area contributed by atoms with Crippen LogP contribution in [0.25, 0.3) is 10.9 Å². The van der Waals surface area contributed by atoms with Crippen LogP contribution in [0.1, 0.15) is 6.42 Å². The lowest BCUT2D eigenvalue weighted by molar-refractivity contribution is 0.620. The molecule has 0 bridgehead atoms. The van der Waals surface area contributed by atoms with Crippen molar-refractivity contribution in [1.29, 1.82) is 0 Å². The maximum Gasteiger partial charge on any atom is 0.261 e. The van der Waals surface area contributed by atoms with E-state index in [-0.39, 0.29) is 11.4 Å². The van der Waals surface area contributed by atoms with Crippen LogP contribution in [0.5, 0.6) is 0 Å². The van der Waals surface area contributed by atoms with E-state index in [1.165, 1.54) is 29.1 Å².